The first kappa shape index (κ1) is 9.16. The molecule has 1 rings (SSSR count). The minimum atomic E-state index is 0.868. The average molecular weight is 170 g/mol. The fourth-order valence-corrected chi connectivity index (χ4v) is 0.962. The van der Waals surface area contributed by atoms with Crippen molar-refractivity contribution in [1.82, 2.24) is 0 Å². The number of nitriles is 1. The van der Waals surface area contributed by atoms with Gasteiger partial charge in [-0.2, -0.15) is 5.26 Å². The van der Waals surface area contributed by atoms with E-state index in [2.05, 4.69) is 11.8 Å². The highest BCUT2D eigenvalue weighted by Gasteiger charge is 1.94. The van der Waals surface area contributed by atoms with Crippen LogP contribution in [-0.4, -0.2) is 14.1 Å². The van der Waals surface area contributed by atoms with Crippen LogP contribution in [0.15, 0.2) is 24.3 Å². The zero-order chi connectivity index (χ0) is 9.68. The third-order valence-corrected chi connectivity index (χ3v) is 1.63. The zero-order valence-corrected chi connectivity index (χ0v) is 7.70. The molecule has 2 heteroatoms. The van der Waals surface area contributed by atoms with Crippen molar-refractivity contribution < 1.29 is 0 Å². The van der Waals surface area contributed by atoms with Gasteiger partial charge in [-0.05, 0) is 18.2 Å². The lowest BCUT2D eigenvalue weighted by atomic mass is 10.2. The van der Waals surface area contributed by atoms with Crippen LogP contribution in [0.2, 0.25) is 0 Å². The molecule has 0 radical (unpaired) electrons. The van der Waals surface area contributed by atoms with E-state index in [-0.39, 0.29) is 0 Å². The van der Waals surface area contributed by atoms with Gasteiger partial charge >= 0.3 is 0 Å². The molecule has 0 fully saturated rings. The Kier molecular flexibility index (Phi) is 2.95. The Morgan fingerprint density at radius 1 is 1.31 bits per heavy atom. The Balaban J connectivity index is 3.00. The molecule has 0 heterocycles. The largest absolute Gasteiger partial charge is 0.378 e. The maximum absolute atomic E-state index is 8.27. The van der Waals surface area contributed by atoms with Crippen molar-refractivity contribution in [3.05, 3.63) is 29.8 Å². The quantitative estimate of drug-likeness (QED) is 0.599. The summed E-state index contributed by atoms with van der Waals surface area (Å²) in [5, 5.41) is 8.27. The summed E-state index contributed by atoms with van der Waals surface area (Å²) in [6.07, 6.45) is 0. The third-order valence-electron chi connectivity index (χ3n) is 1.63. The number of hydrogen-bond acceptors (Lipinski definition) is 2. The molecule has 0 saturated carbocycles. The van der Waals surface area contributed by atoms with Crippen molar-refractivity contribution in [2.45, 2.75) is 0 Å². The Bertz CT molecular complexity index is 389. The lowest BCUT2D eigenvalue weighted by Crippen LogP contribution is -2.08. The van der Waals surface area contributed by atoms with Gasteiger partial charge in [-0.15, -0.1) is 0 Å². The van der Waals surface area contributed by atoms with Crippen LogP contribution in [0.3, 0.4) is 0 Å². The van der Waals surface area contributed by atoms with E-state index in [4.69, 9.17) is 5.26 Å². The molecule has 2 nitrogen and oxygen atoms in total. The summed E-state index contributed by atoms with van der Waals surface area (Å²) in [7, 11) is 3.94. The average Bonchev–Trinajstić information content (AvgIpc) is 2.15. The first-order valence-electron chi connectivity index (χ1n) is 3.91. The van der Waals surface area contributed by atoms with Gasteiger partial charge in [0.05, 0.1) is 0 Å². The fourth-order valence-electron chi connectivity index (χ4n) is 0.962. The molecule has 1 aromatic carbocycles. The smallest absolute Gasteiger partial charge is 0.152 e. The number of anilines is 1. The number of nitrogens with zero attached hydrogens (tertiary/aromatic N) is 2. The summed E-state index contributed by atoms with van der Waals surface area (Å²) in [4.78, 5) is 2.00. The third kappa shape index (κ3) is 2.54. The van der Waals surface area contributed by atoms with Gasteiger partial charge in [-0.1, -0.05) is 12.0 Å². The molecular weight excluding hydrogens is 160 g/mol. The zero-order valence-electron chi connectivity index (χ0n) is 7.70. The van der Waals surface area contributed by atoms with Gasteiger partial charge in [0.2, 0.25) is 0 Å². The summed E-state index contributed by atoms with van der Waals surface area (Å²) in [6, 6.07) is 9.55. The van der Waals surface area contributed by atoms with Crippen LogP contribution in [0.4, 0.5) is 5.69 Å². The van der Waals surface area contributed by atoms with E-state index in [1.807, 2.05) is 43.3 Å². The van der Waals surface area contributed by atoms with Crippen molar-refractivity contribution in [2.24, 2.45) is 0 Å². The van der Waals surface area contributed by atoms with Gasteiger partial charge in [0.15, 0.2) is 6.07 Å². The summed E-state index contributed by atoms with van der Waals surface area (Å²) < 4.78 is 0. The lowest BCUT2D eigenvalue weighted by Gasteiger charge is -2.11. The molecular formula is C11H10N2. The predicted molar refractivity (Wildman–Crippen MR) is 53.3 cm³/mol. The normalized spacial score (nSPS) is 8.08. The maximum atomic E-state index is 8.27. The van der Waals surface area contributed by atoms with Gasteiger partial charge in [-0.25, -0.2) is 0 Å². The summed E-state index contributed by atoms with van der Waals surface area (Å²) >= 11 is 0. The minimum absolute atomic E-state index is 0.868. The molecule has 0 atom stereocenters. The van der Waals surface area contributed by atoms with Crippen LogP contribution in [-0.2, 0) is 0 Å². The van der Waals surface area contributed by atoms with Crippen molar-refractivity contribution >= 4 is 5.69 Å². The predicted octanol–water partition coefficient (Wildman–Crippen LogP) is 1.63. The second-order valence-electron chi connectivity index (χ2n) is 2.81. The van der Waals surface area contributed by atoms with E-state index < -0.39 is 0 Å². The Hall–Kier alpha value is -1.93. The lowest BCUT2D eigenvalue weighted by molar-refractivity contribution is 1.13. The highest BCUT2D eigenvalue weighted by Crippen LogP contribution is 2.12. The molecule has 0 unspecified atom stereocenters. The summed E-state index contributed by atoms with van der Waals surface area (Å²) in [6.45, 7) is 0. The molecule has 0 amide bonds. The van der Waals surface area contributed by atoms with E-state index in [0.717, 1.165) is 11.3 Å². The first-order valence-corrected chi connectivity index (χ1v) is 3.91. The van der Waals surface area contributed by atoms with Crippen molar-refractivity contribution in [3.8, 4) is 17.9 Å². The van der Waals surface area contributed by atoms with Gasteiger partial charge in [0, 0.05) is 31.3 Å². The van der Waals surface area contributed by atoms with Crippen molar-refractivity contribution in [1.29, 1.82) is 5.26 Å². The molecule has 0 aliphatic carbocycles. The number of benzene rings is 1. The van der Waals surface area contributed by atoms with Crippen LogP contribution < -0.4 is 4.90 Å². The van der Waals surface area contributed by atoms with Crippen LogP contribution >= 0.6 is 0 Å². The Morgan fingerprint density at radius 2 is 2.08 bits per heavy atom. The van der Waals surface area contributed by atoms with Gasteiger partial charge < -0.3 is 4.90 Å². The minimum Gasteiger partial charge on any atom is -0.378 e. The molecule has 0 saturated heterocycles. The van der Waals surface area contributed by atoms with Crippen molar-refractivity contribution in [3.63, 3.8) is 0 Å². The van der Waals surface area contributed by atoms with Crippen LogP contribution in [0.25, 0.3) is 0 Å². The van der Waals surface area contributed by atoms with E-state index in [9.17, 15) is 0 Å². The molecule has 13 heavy (non-hydrogen) atoms. The Morgan fingerprint density at radius 3 is 2.69 bits per heavy atom. The number of rotatable bonds is 1. The first-order chi connectivity index (χ1) is 6.24. The standard InChI is InChI=1S/C11H10N2/c1-13(2)11-7-3-5-10(9-11)6-4-8-12/h3,5,7,9H,1-2H3. The monoisotopic (exact) mass is 170 g/mol. The molecule has 0 N–H and O–H groups in total. The Labute approximate surface area is 78.4 Å². The van der Waals surface area contributed by atoms with E-state index in [0.29, 0.717) is 0 Å². The van der Waals surface area contributed by atoms with E-state index in [1.165, 1.54) is 0 Å². The van der Waals surface area contributed by atoms with Crippen LogP contribution in [0, 0.1) is 23.2 Å². The summed E-state index contributed by atoms with van der Waals surface area (Å²) in [5.74, 6) is 5.12. The van der Waals surface area contributed by atoms with Gasteiger partial charge in [0.1, 0.15) is 0 Å². The SMILES string of the molecule is CN(C)c1cccc(C#CC#N)c1. The molecule has 0 aliphatic rings. The number of hydrogen-bond donors (Lipinski definition) is 0. The van der Waals surface area contributed by atoms with Gasteiger partial charge in [-0.3, -0.25) is 0 Å². The van der Waals surface area contributed by atoms with Crippen LogP contribution in [0.1, 0.15) is 5.56 Å². The highest BCUT2D eigenvalue weighted by molar-refractivity contribution is 5.52. The molecule has 64 valence electrons. The second-order valence-corrected chi connectivity index (χ2v) is 2.81. The van der Waals surface area contributed by atoms with Crippen molar-refractivity contribution in [2.75, 3.05) is 19.0 Å². The molecule has 0 spiro atoms. The summed E-state index contributed by atoms with van der Waals surface area (Å²) in [5.41, 5.74) is 1.96. The van der Waals surface area contributed by atoms with Crippen LogP contribution in [0.5, 0.6) is 0 Å². The van der Waals surface area contributed by atoms with E-state index in [1.54, 1.807) is 6.07 Å². The molecule has 0 bridgehead atoms. The van der Waals surface area contributed by atoms with Gasteiger partial charge in [0.25, 0.3) is 0 Å². The topological polar surface area (TPSA) is 27.0 Å². The van der Waals surface area contributed by atoms with E-state index >= 15 is 0 Å². The molecule has 0 aliphatic heterocycles. The fraction of sp³-hybridized carbons (Fsp3) is 0.182. The maximum Gasteiger partial charge on any atom is 0.152 e. The molecule has 0 aromatic heterocycles. The highest BCUT2D eigenvalue weighted by atomic mass is 15.1. The molecule has 1 aromatic rings. The second kappa shape index (κ2) is 4.18.